The van der Waals surface area contributed by atoms with Crippen molar-refractivity contribution >= 4 is 28.7 Å². The number of benzene rings is 2. The molecular formula is C16H11FN8O2. The number of halogens is 1. The molecule has 0 aliphatic rings. The van der Waals surface area contributed by atoms with Crippen LogP contribution in [0.15, 0.2) is 52.3 Å². The van der Waals surface area contributed by atoms with Crippen molar-refractivity contribution in [1.82, 2.24) is 30.7 Å². The molecule has 0 saturated carbocycles. The van der Waals surface area contributed by atoms with Crippen molar-refractivity contribution < 1.29 is 13.8 Å². The lowest BCUT2D eigenvalue weighted by Crippen LogP contribution is -2.18. The molecule has 2 aromatic carbocycles. The van der Waals surface area contributed by atoms with E-state index in [2.05, 4.69) is 35.8 Å². The number of carbonyl (C=O) groups excluding carboxylic acids is 1. The molecule has 0 unspecified atom stereocenters. The van der Waals surface area contributed by atoms with Gasteiger partial charge in [0.1, 0.15) is 5.82 Å². The zero-order chi connectivity index (χ0) is 18.8. The van der Waals surface area contributed by atoms with E-state index in [4.69, 9.17) is 5.73 Å². The minimum absolute atomic E-state index is 0.00747. The number of aromatic nitrogens is 5. The molecule has 27 heavy (non-hydrogen) atoms. The summed E-state index contributed by atoms with van der Waals surface area (Å²) in [4.78, 5) is 12.1. The van der Waals surface area contributed by atoms with Crippen molar-refractivity contribution in [2.24, 2.45) is 5.10 Å². The number of anilines is 1. The smallest absolute Gasteiger partial charge is 0.293 e. The molecule has 4 aromatic rings. The summed E-state index contributed by atoms with van der Waals surface area (Å²) in [7, 11) is 0. The lowest BCUT2D eigenvalue weighted by molar-refractivity contribution is 0.0950. The van der Waals surface area contributed by atoms with Crippen molar-refractivity contribution in [3.63, 3.8) is 0 Å². The maximum atomic E-state index is 13.8. The number of amides is 1. The van der Waals surface area contributed by atoms with Gasteiger partial charge in [-0.05, 0) is 21.8 Å². The number of nitrogen functional groups attached to an aromatic ring is 1. The first-order chi connectivity index (χ1) is 13.1. The van der Waals surface area contributed by atoms with Gasteiger partial charge in [0.05, 0.1) is 12.4 Å². The summed E-state index contributed by atoms with van der Waals surface area (Å²) < 4.78 is 19.4. The third-order valence-electron chi connectivity index (χ3n) is 3.71. The molecule has 11 heteroatoms. The standard InChI is InChI=1S/C16H11FN8O2/c17-12-6-2-4-10-9(3-1-5-11(10)12)7-19-21-16(26)13-8-25(24-20-13)15-14(18)22-27-23-15/h1-8H,(H2,18,22)(H,21,26)/b19-7+. The molecule has 3 N–H and O–H groups in total. The average Bonchev–Trinajstić information content (AvgIpc) is 3.31. The van der Waals surface area contributed by atoms with Crippen LogP contribution in [0.4, 0.5) is 10.2 Å². The van der Waals surface area contributed by atoms with E-state index in [1.165, 1.54) is 18.5 Å². The second-order valence-corrected chi connectivity index (χ2v) is 5.40. The van der Waals surface area contributed by atoms with Gasteiger partial charge in [-0.3, -0.25) is 4.79 Å². The van der Waals surface area contributed by atoms with E-state index in [9.17, 15) is 9.18 Å². The Balaban J connectivity index is 1.51. The first kappa shape index (κ1) is 16.3. The topological polar surface area (TPSA) is 137 Å². The highest BCUT2D eigenvalue weighted by atomic mass is 19.1. The highest BCUT2D eigenvalue weighted by Gasteiger charge is 2.15. The molecule has 0 fully saturated rings. The van der Waals surface area contributed by atoms with Gasteiger partial charge in [-0.2, -0.15) is 9.78 Å². The molecule has 0 aliphatic carbocycles. The minimum atomic E-state index is -0.598. The molecule has 0 saturated heterocycles. The lowest BCUT2D eigenvalue weighted by atomic mass is 10.1. The molecule has 0 radical (unpaired) electrons. The number of nitrogens with one attached hydrogen (secondary N) is 1. The number of rotatable bonds is 4. The van der Waals surface area contributed by atoms with Crippen LogP contribution in [0, 0.1) is 5.82 Å². The van der Waals surface area contributed by atoms with Crippen LogP contribution in [0.3, 0.4) is 0 Å². The van der Waals surface area contributed by atoms with Crippen LogP contribution in [0.1, 0.15) is 16.1 Å². The summed E-state index contributed by atoms with van der Waals surface area (Å²) >= 11 is 0. The van der Waals surface area contributed by atoms with Crippen LogP contribution in [0.25, 0.3) is 16.6 Å². The Bertz CT molecular complexity index is 1170. The number of carbonyl (C=O) groups is 1. The van der Waals surface area contributed by atoms with E-state index >= 15 is 0 Å². The molecule has 134 valence electrons. The van der Waals surface area contributed by atoms with Gasteiger partial charge in [-0.15, -0.1) is 5.10 Å². The van der Waals surface area contributed by atoms with Crippen molar-refractivity contribution in [2.75, 3.05) is 5.73 Å². The molecule has 1 amide bonds. The fourth-order valence-electron chi connectivity index (χ4n) is 2.45. The molecule has 4 rings (SSSR count). The Morgan fingerprint density at radius 1 is 1.22 bits per heavy atom. The summed E-state index contributed by atoms with van der Waals surface area (Å²) in [6.45, 7) is 0. The van der Waals surface area contributed by atoms with E-state index in [1.54, 1.807) is 30.3 Å². The van der Waals surface area contributed by atoms with Crippen LogP contribution in [-0.2, 0) is 0 Å². The number of hydrogen-bond acceptors (Lipinski definition) is 8. The zero-order valence-electron chi connectivity index (χ0n) is 13.6. The molecule has 0 spiro atoms. The monoisotopic (exact) mass is 366 g/mol. The third-order valence-corrected chi connectivity index (χ3v) is 3.71. The number of nitrogens with two attached hydrogens (primary N) is 1. The molecule has 2 heterocycles. The summed E-state index contributed by atoms with van der Waals surface area (Å²) in [5.41, 5.74) is 8.52. The summed E-state index contributed by atoms with van der Waals surface area (Å²) in [5, 5.41) is 19.4. The van der Waals surface area contributed by atoms with Crippen LogP contribution in [-0.4, -0.2) is 37.4 Å². The van der Waals surface area contributed by atoms with E-state index < -0.39 is 5.91 Å². The molecule has 0 aliphatic heterocycles. The Labute approximate surface area is 150 Å². The van der Waals surface area contributed by atoms with Crippen molar-refractivity contribution in [3.8, 4) is 5.82 Å². The summed E-state index contributed by atoms with van der Waals surface area (Å²) in [6, 6.07) is 9.89. The Kier molecular flexibility index (Phi) is 4.01. The van der Waals surface area contributed by atoms with Gasteiger partial charge >= 0.3 is 0 Å². The number of hydrazone groups is 1. The highest BCUT2D eigenvalue weighted by molar-refractivity contribution is 6.00. The second kappa shape index (κ2) is 6.63. The average molecular weight is 366 g/mol. The SMILES string of the molecule is Nc1nonc1-n1cc(C(=O)N/N=C/c2cccc3c(F)cccc23)nn1. The largest absolute Gasteiger partial charge is 0.378 e. The quantitative estimate of drug-likeness (QED) is 0.410. The van der Waals surface area contributed by atoms with Crippen LogP contribution in [0.2, 0.25) is 0 Å². The Hall–Kier alpha value is -4.15. The van der Waals surface area contributed by atoms with Gasteiger partial charge in [-0.1, -0.05) is 35.5 Å². The van der Waals surface area contributed by atoms with Crippen LogP contribution < -0.4 is 11.2 Å². The zero-order valence-corrected chi connectivity index (χ0v) is 13.6. The van der Waals surface area contributed by atoms with Crippen molar-refractivity contribution in [3.05, 3.63) is 59.7 Å². The Morgan fingerprint density at radius 2 is 2.04 bits per heavy atom. The van der Waals surface area contributed by atoms with E-state index in [0.29, 0.717) is 16.3 Å². The summed E-state index contributed by atoms with van der Waals surface area (Å²) in [5.74, 6) is -0.806. The Morgan fingerprint density at radius 3 is 2.85 bits per heavy atom. The van der Waals surface area contributed by atoms with E-state index in [-0.39, 0.29) is 23.1 Å². The van der Waals surface area contributed by atoms with Gasteiger partial charge in [0, 0.05) is 10.9 Å². The molecule has 2 aromatic heterocycles. The maximum Gasteiger partial charge on any atom is 0.293 e. The number of hydrogen-bond donors (Lipinski definition) is 2. The van der Waals surface area contributed by atoms with E-state index in [1.807, 2.05) is 0 Å². The predicted molar refractivity (Wildman–Crippen MR) is 92.6 cm³/mol. The molecular weight excluding hydrogens is 355 g/mol. The van der Waals surface area contributed by atoms with Crippen LogP contribution in [0.5, 0.6) is 0 Å². The summed E-state index contributed by atoms with van der Waals surface area (Å²) in [6.07, 6.45) is 2.72. The molecule has 10 nitrogen and oxygen atoms in total. The van der Waals surface area contributed by atoms with Crippen molar-refractivity contribution in [2.45, 2.75) is 0 Å². The first-order valence-electron chi connectivity index (χ1n) is 7.65. The second-order valence-electron chi connectivity index (χ2n) is 5.40. The fraction of sp³-hybridized carbons (Fsp3) is 0. The lowest BCUT2D eigenvalue weighted by Gasteiger charge is -2.02. The van der Waals surface area contributed by atoms with Gasteiger partial charge in [0.15, 0.2) is 5.69 Å². The number of fused-ring (bicyclic) bond motifs is 1. The third kappa shape index (κ3) is 3.08. The predicted octanol–water partition coefficient (Wildman–Crippen LogP) is 1.29. The minimum Gasteiger partial charge on any atom is -0.378 e. The highest BCUT2D eigenvalue weighted by Crippen LogP contribution is 2.20. The molecule has 0 atom stereocenters. The fourth-order valence-corrected chi connectivity index (χ4v) is 2.45. The maximum absolute atomic E-state index is 13.8. The molecule has 0 bridgehead atoms. The van der Waals surface area contributed by atoms with Crippen LogP contribution >= 0.6 is 0 Å². The van der Waals surface area contributed by atoms with Crippen molar-refractivity contribution in [1.29, 1.82) is 0 Å². The van der Waals surface area contributed by atoms with Gasteiger partial charge < -0.3 is 5.73 Å². The number of nitrogens with zero attached hydrogens (tertiary/aromatic N) is 6. The van der Waals surface area contributed by atoms with Gasteiger partial charge in [-0.25, -0.2) is 14.4 Å². The van der Waals surface area contributed by atoms with Gasteiger partial charge in [0.25, 0.3) is 5.91 Å². The normalized spacial score (nSPS) is 11.3. The van der Waals surface area contributed by atoms with E-state index in [0.717, 1.165) is 4.68 Å². The van der Waals surface area contributed by atoms with Gasteiger partial charge in [0.2, 0.25) is 11.6 Å². The first-order valence-corrected chi connectivity index (χ1v) is 7.65.